The normalized spacial score (nSPS) is 12.8. The van der Waals surface area contributed by atoms with Gasteiger partial charge in [0, 0.05) is 9.86 Å². The van der Waals surface area contributed by atoms with Crippen molar-refractivity contribution in [1.82, 2.24) is 0 Å². The molecule has 3 aromatic rings. The molecule has 0 spiro atoms. The van der Waals surface area contributed by atoms with Crippen LogP contribution in [-0.2, 0) is 6.42 Å². The van der Waals surface area contributed by atoms with Crippen molar-refractivity contribution < 1.29 is 8.81 Å². The van der Waals surface area contributed by atoms with E-state index >= 15 is 0 Å². The summed E-state index contributed by atoms with van der Waals surface area (Å²) in [5.41, 5.74) is 8.73. The van der Waals surface area contributed by atoms with Crippen LogP contribution in [0.2, 0.25) is 0 Å². The van der Waals surface area contributed by atoms with E-state index in [1.54, 1.807) is 6.07 Å². The summed E-state index contributed by atoms with van der Waals surface area (Å²) in [7, 11) is 0. The van der Waals surface area contributed by atoms with E-state index in [1.165, 1.54) is 11.6 Å². The van der Waals surface area contributed by atoms with Gasteiger partial charge in [-0.1, -0.05) is 33.6 Å². The molecule has 0 bridgehead atoms. The smallest absolute Gasteiger partial charge is 0.134 e. The number of nitrogens with two attached hydrogens (primary N) is 1. The molecule has 0 fully saturated rings. The summed E-state index contributed by atoms with van der Waals surface area (Å²) >= 11 is 3.25. The number of halogens is 2. The Labute approximate surface area is 130 Å². The molecule has 4 heteroatoms. The maximum atomic E-state index is 13.9. The lowest BCUT2D eigenvalue weighted by Gasteiger charge is -2.09. The third kappa shape index (κ3) is 3.01. The van der Waals surface area contributed by atoms with E-state index in [0.717, 1.165) is 15.4 Å². The molecule has 108 valence electrons. The fourth-order valence-corrected chi connectivity index (χ4v) is 2.72. The summed E-state index contributed by atoms with van der Waals surface area (Å²) in [6, 6.07) is 12.5. The first-order valence-corrected chi connectivity index (χ1v) is 7.52. The van der Waals surface area contributed by atoms with Gasteiger partial charge in [0.2, 0.25) is 0 Å². The van der Waals surface area contributed by atoms with E-state index in [0.29, 0.717) is 17.7 Å². The Balaban J connectivity index is 1.87. The Morgan fingerprint density at radius 2 is 2.00 bits per heavy atom. The Bertz CT molecular complexity index is 797. The van der Waals surface area contributed by atoms with Crippen LogP contribution in [-0.4, -0.2) is 0 Å². The van der Waals surface area contributed by atoms with Crippen molar-refractivity contribution >= 4 is 26.9 Å². The molecule has 0 radical (unpaired) electrons. The Hall–Kier alpha value is -1.65. The fraction of sp³-hybridized carbons (Fsp3) is 0.176. The highest BCUT2D eigenvalue weighted by molar-refractivity contribution is 9.10. The highest BCUT2D eigenvalue weighted by Crippen LogP contribution is 2.26. The molecule has 1 unspecified atom stereocenters. The van der Waals surface area contributed by atoms with Crippen LogP contribution >= 0.6 is 15.9 Å². The molecule has 2 aromatic carbocycles. The van der Waals surface area contributed by atoms with Crippen LogP contribution in [0.15, 0.2) is 51.4 Å². The van der Waals surface area contributed by atoms with E-state index in [4.69, 9.17) is 10.2 Å². The molecule has 0 aliphatic rings. The average molecular weight is 348 g/mol. The maximum absolute atomic E-state index is 13.9. The maximum Gasteiger partial charge on any atom is 0.134 e. The SMILES string of the molecule is Cc1ccc2oc(C(N)Cc3ccc(Br)cc3F)cc2c1. The number of rotatable bonds is 3. The molecule has 0 saturated heterocycles. The zero-order chi connectivity index (χ0) is 15.0. The van der Waals surface area contributed by atoms with Crippen LogP contribution in [0.4, 0.5) is 4.39 Å². The van der Waals surface area contributed by atoms with Crippen molar-refractivity contribution in [2.75, 3.05) is 0 Å². The monoisotopic (exact) mass is 347 g/mol. The second-order valence-corrected chi connectivity index (χ2v) is 6.15. The highest BCUT2D eigenvalue weighted by Gasteiger charge is 2.15. The molecule has 0 aliphatic heterocycles. The molecule has 1 aromatic heterocycles. The van der Waals surface area contributed by atoms with Crippen LogP contribution in [0.1, 0.15) is 22.9 Å². The molecule has 0 aliphatic carbocycles. The number of aryl methyl sites for hydroxylation is 1. The standard InChI is InChI=1S/C17H15BrFNO/c1-10-2-5-16-12(6-10)8-17(21-16)15(20)7-11-3-4-13(18)9-14(11)19/h2-6,8-9,15H,7,20H2,1H3. The topological polar surface area (TPSA) is 39.2 Å². The van der Waals surface area contributed by atoms with Gasteiger partial charge >= 0.3 is 0 Å². The Morgan fingerprint density at radius 3 is 2.76 bits per heavy atom. The van der Waals surface area contributed by atoms with Gasteiger partial charge in [0.15, 0.2) is 0 Å². The summed E-state index contributed by atoms with van der Waals surface area (Å²) < 4.78 is 20.4. The third-order valence-corrected chi connectivity index (χ3v) is 4.00. The first-order valence-electron chi connectivity index (χ1n) is 6.72. The average Bonchev–Trinajstić information content (AvgIpc) is 2.85. The van der Waals surface area contributed by atoms with E-state index in [1.807, 2.05) is 31.2 Å². The quantitative estimate of drug-likeness (QED) is 0.732. The Morgan fingerprint density at radius 1 is 1.19 bits per heavy atom. The summed E-state index contributed by atoms with van der Waals surface area (Å²) in [5, 5.41) is 1.02. The van der Waals surface area contributed by atoms with Gasteiger partial charge in [-0.15, -0.1) is 0 Å². The summed E-state index contributed by atoms with van der Waals surface area (Å²) in [5.74, 6) is 0.421. The molecular weight excluding hydrogens is 333 g/mol. The second kappa shape index (κ2) is 5.62. The first-order chi connectivity index (χ1) is 10.0. The van der Waals surface area contributed by atoms with E-state index < -0.39 is 0 Å². The largest absolute Gasteiger partial charge is 0.459 e. The number of furan rings is 1. The van der Waals surface area contributed by atoms with Gasteiger partial charge in [-0.25, -0.2) is 4.39 Å². The second-order valence-electron chi connectivity index (χ2n) is 5.24. The van der Waals surface area contributed by atoms with Gasteiger partial charge in [-0.3, -0.25) is 0 Å². The molecule has 0 amide bonds. The lowest BCUT2D eigenvalue weighted by Crippen LogP contribution is -2.13. The fourth-order valence-electron chi connectivity index (χ4n) is 2.39. The number of fused-ring (bicyclic) bond motifs is 1. The van der Waals surface area contributed by atoms with E-state index in [2.05, 4.69) is 22.0 Å². The molecule has 3 rings (SSSR count). The molecule has 1 heterocycles. The number of hydrogen-bond acceptors (Lipinski definition) is 2. The molecule has 0 saturated carbocycles. The van der Waals surface area contributed by atoms with Crippen LogP contribution in [0, 0.1) is 12.7 Å². The predicted octanol–water partition coefficient (Wildman–Crippen LogP) is 4.89. The van der Waals surface area contributed by atoms with Crippen molar-refractivity contribution in [2.24, 2.45) is 5.73 Å². The molecule has 2 nitrogen and oxygen atoms in total. The van der Waals surface area contributed by atoms with Crippen LogP contribution in [0.25, 0.3) is 11.0 Å². The van der Waals surface area contributed by atoms with Crippen LogP contribution in [0.3, 0.4) is 0 Å². The molecule has 21 heavy (non-hydrogen) atoms. The summed E-state index contributed by atoms with van der Waals surface area (Å²) in [6.07, 6.45) is 0.401. The van der Waals surface area contributed by atoms with Crippen molar-refractivity contribution in [3.8, 4) is 0 Å². The van der Waals surface area contributed by atoms with Gasteiger partial charge in [-0.05, 0) is 49.2 Å². The number of benzene rings is 2. The first kappa shape index (κ1) is 14.3. The summed E-state index contributed by atoms with van der Waals surface area (Å²) in [4.78, 5) is 0. The van der Waals surface area contributed by atoms with Gasteiger partial charge < -0.3 is 10.2 Å². The molecule has 2 N–H and O–H groups in total. The van der Waals surface area contributed by atoms with Gasteiger partial charge in [0.05, 0.1) is 6.04 Å². The van der Waals surface area contributed by atoms with Gasteiger partial charge in [0.25, 0.3) is 0 Å². The minimum atomic E-state index is -0.367. The zero-order valence-electron chi connectivity index (χ0n) is 11.6. The van der Waals surface area contributed by atoms with E-state index in [-0.39, 0.29) is 11.9 Å². The van der Waals surface area contributed by atoms with Crippen LogP contribution in [0.5, 0.6) is 0 Å². The Kier molecular flexibility index (Phi) is 3.83. The van der Waals surface area contributed by atoms with Crippen molar-refractivity contribution in [3.63, 3.8) is 0 Å². The van der Waals surface area contributed by atoms with Crippen molar-refractivity contribution in [2.45, 2.75) is 19.4 Å². The van der Waals surface area contributed by atoms with Gasteiger partial charge in [-0.2, -0.15) is 0 Å². The highest BCUT2D eigenvalue weighted by atomic mass is 79.9. The molecule has 1 atom stereocenters. The zero-order valence-corrected chi connectivity index (χ0v) is 13.2. The lowest BCUT2D eigenvalue weighted by atomic mass is 10.0. The molecular formula is C17H15BrFNO. The number of hydrogen-bond donors (Lipinski definition) is 1. The predicted molar refractivity (Wildman–Crippen MR) is 85.7 cm³/mol. The third-order valence-electron chi connectivity index (χ3n) is 3.51. The summed E-state index contributed by atoms with van der Waals surface area (Å²) in [6.45, 7) is 2.03. The van der Waals surface area contributed by atoms with Crippen molar-refractivity contribution in [3.05, 3.63) is 69.6 Å². The van der Waals surface area contributed by atoms with Gasteiger partial charge in [0.1, 0.15) is 17.2 Å². The minimum Gasteiger partial charge on any atom is -0.459 e. The van der Waals surface area contributed by atoms with Crippen molar-refractivity contribution in [1.29, 1.82) is 0 Å². The van der Waals surface area contributed by atoms with Crippen LogP contribution < -0.4 is 5.73 Å². The minimum absolute atomic E-state index is 0.258. The van der Waals surface area contributed by atoms with E-state index in [9.17, 15) is 4.39 Å². The lowest BCUT2D eigenvalue weighted by molar-refractivity contribution is 0.487.